The number of benzene rings is 2. The van der Waals surface area contributed by atoms with Gasteiger partial charge in [-0.3, -0.25) is 4.79 Å². The highest BCUT2D eigenvalue weighted by atomic mass is 16.6. The fourth-order valence-corrected chi connectivity index (χ4v) is 2.92. The van der Waals surface area contributed by atoms with Gasteiger partial charge < -0.3 is 18.9 Å². The molecule has 1 saturated heterocycles. The van der Waals surface area contributed by atoms with Crippen molar-refractivity contribution in [2.45, 2.75) is 26.4 Å². The van der Waals surface area contributed by atoms with Crippen LogP contribution >= 0.6 is 0 Å². The summed E-state index contributed by atoms with van der Waals surface area (Å²) < 4.78 is 22.1. The zero-order valence-electron chi connectivity index (χ0n) is 17.6. The smallest absolute Gasteiger partial charge is 0.330 e. The molecule has 0 bridgehead atoms. The third-order valence-corrected chi connectivity index (χ3v) is 4.82. The molecule has 2 aromatic carbocycles. The van der Waals surface area contributed by atoms with Crippen LogP contribution in [0.1, 0.15) is 30.5 Å². The second kappa shape index (κ2) is 9.13. The zero-order valence-corrected chi connectivity index (χ0v) is 17.6. The van der Waals surface area contributed by atoms with Crippen molar-refractivity contribution in [1.29, 1.82) is 0 Å². The minimum Gasteiger partial charge on any atom is -0.496 e. The fourth-order valence-electron chi connectivity index (χ4n) is 2.92. The Balaban J connectivity index is 1.77. The number of hydrogen-bond acceptors (Lipinski definition) is 6. The molecule has 3 rings (SSSR count). The first kappa shape index (κ1) is 21.6. The number of carbonyl (C=O) groups excluding carboxylic acids is 2. The summed E-state index contributed by atoms with van der Waals surface area (Å²) in [5.41, 5.74) is 1.49. The number of rotatable bonds is 8. The lowest BCUT2D eigenvalue weighted by Crippen LogP contribution is -2.23. The lowest BCUT2D eigenvalue weighted by Gasteiger charge is -2.19. The van der Waals surface area contributed by atoms with Crippen molar-refractivity contribution in [3.8, 4) is 11.5 Å². The molecule has 0 saturated carbocycles. The Kier molecular flexibility index (Phi) is 6.57. The first-order valence-electron chi connectivity index (χ1n) is 9.79. The number of aryl methyl sites for hydroxylation is 1. The molecule has 0 aliphatic carbocycles. The molecular weight excluding hydrogens is 384 g/mol. The van der Waals surface area contributed by atoms with Crippen LogP contribution in [0.5, 0.6) is 11.5 Å². The van der Waals surface area contributed by atoms with Gasteiger partial charge in [0.15, 0.2) is 5.60 Å². The molecule has 0 radical (unpaired) electrons. The zero-order chi connectivity index (χ0) is 21.7. The summed E-state index contributed by atoms with van der Waals surface area (Å²) in [5, 5.41) is 0. The lowest BCUT2D eigenvalue weighted by atomic mass is 9.97. The van der Waals surface area contributed by atoms with Crippen molar-refractivity contribution in [1.82, 2.24) is 0 Å². The highest BCUT2D eigenvalue weighted by molar-refractivity contribution is 5.87. The summed E-state index contributed by atoms with van der Waals surface area (Å²) in [6.07, 6.45) is 3.06. The SMILES string of the molecule is COc1cc([C@@]2(COC(=O)C=Cc3ccccc3)CO2)c(OC(=O)C(C)C)cc1C. The quantitative estimate of drug-likeness (QED) is 0.283. The van der Waals surface area contributed by atoms with E-state index in [-0.39, 0.29) is 18.5 Å². The fraction of sp³-hybridized carbons (Fsp3) is 0.333. The topological polar surface area (TPSA) is 74.4 Å². The van der Waals surface area contributed by atoms with Gasteiger partial charge in [0.1, 0.15) is 18.1 Å². The predicted octanol–water partition coefficient (Wildman–Crippen LogP) is 4.05. The van der Waals surface area contributed by atoms with Crippen LogP contribution in [0.25, 0.3) is 6.08 Å². The molecular formula is C24H26O6. The number of hydrogen-bond donors (Lipinski definition) is 0. The minimum absolute atomic E-state index is 0.00338. The molecule has 1 aliphatic heterocycles. The Morgan fingerprint density at radius 2 is 1.87 bits per heavy atom. The van der Waals surface area contributed by atoms with E-state index in [1.54, 1.807) is 39.2 Å². The Morgan fingerprint density at radius 3 is 2.47 bits per heavy atom. The molecule has 1 aliphatic rings. The average Bonchev–Trinajstić information content (AvgIpc) is 3.52. The molecule has 1 heterocycles. The van der Waals surface area contributed by atoms with Gasteiger partial charge in [0.25, 0.3) is 0 Å². The van der Waals surface area contributed by atoms with E-state index in [0.717, 1.165) is 11.1 Å². The molecule has 30 heavy (non-hydrogen) atoms. The minimum atomic E-state index is -0.857. The van der Waals surface area contributed by atoms with Crippen molar-refractivity contribution in [3.05, 3.63) is 65.2 Å². The van der Waals surface area contributed by atoms with Gasteiger partial charge in [0, 0.05) is 11.6 Å². The summed E-state index contributed by atoms with van der Waals surface area (Å²) in [7, 11) is 1.57. The molecule has 158 valence electrons. The molecule has 1 fully saturated rings. The molecule has 6 heteroatoms. The van der Waals surface area contributed by atoms with Gasteiger partial charge in [-0.1, -0.05) is 44.2 Å². The maximum absolute atomic E-state index is 12.2. The molecule has 0 N–H and O–H groups in total. The monoisotopic (exact) mass is 410 g/mol. The largest absolute Gasteiger partial charge is 0.496 e. The lowest BCUT2D eigenvalue weighted by molar-refractivity contribution is -0.140. The van der Waals surface area contributed by atoms with Gasteiger partial charge in [0.05, 0.1) is 19.6 Å². The Labute approximate surface area is 176 Å². The Hall–Kier alpha value is -3.12. The van der Waals surface area contributed by atoms with E-state index in [1.807, 2.05) is 37.3 Å². The number of esters is 2. The predicted molar refractivity (Wildman–Crippen MR) is 112 cm³/mol. The van der Waals surface area contributed by atoms with Crippen molar-refractivity contribution in [2.75, 3.05) is 20.3 Å². The third-order valence-electron chi connectivity index (χ3n) is 4.82. The van der Waals surface area contributed by atoms with Crippen molar-refractivity contribution in [2.24, 2.45) is 5.92 Å². The molecule has 0 amide bonds. The first-order chi connectivity index (χ1) is 14.3. The maximum atomic E-state index is 12.2. The van der Waals surface area contributed by atoms with Crippen LogP contribution in [-0.2, 0) is 24.7 Å². The van der Waals surface area contributed by atoms with E-state index in [2.05, 4.69) is 0 Å². The molecule has 2 aromatic rings. The second-order valence-electron chi connectivity index (χ2n) is 7.53. The van der Waals surface area contributed by atoms with Crippen LogP contribution in [0, 0.1) is 12.8 Å². The first-order valence-corrected chi connectivity index (χ1v) is 9.79. The molecule has 1 atom stereocenters. The number of epoxide rings is 1. The maximum Gasteiger partial charge on any atom is 0.330 e. The number of carbonyl (C=O) groups is 2. The van der Waals surface area contributed by atoms with E-state index in [9.17, 15) is 9.59 Å². The summed E-state index contributed by atoms with van der Waals surface area (Å²) in [4.78, 5) is 24.4. The van der Waals surface area contributed by atoms with Gasteiger partial charge in [-0.15, -0.1) is 0 Å². The summed E-state index contributed by atoms with van der Waals surface area (Å²) in [5.74, 6) is -0.0786. The van der Waals surface area contributed by atoms with Crippen molar-refractivity contribution < 1.29 is 28.5 Å². The Morgan fingerprint density at radius 1 is 1.17 bits per heavy atom. The van der Waals surface area contributed by atoms with Gasteiger partial charge in [-0.2, -0.15) is 0 Å². The van der Waals surface area contributed by atoms with E-state index in [4.69, 9.17) is 18.9 Å². The van der Waals surface area contributed by atoms with Gasteiger partial charge in [0.2, 0.25) is 0 Å². The molecule has 0 spiro atoms. The summed E-state index contributed by atoms with van der Waals surface area (Å²) in [6.45, 7) is 5.75. The highest BCUT2D eigenvalue weighted by Crippen LogP contribution is 2.46. The van der Waals surface area contributed by atoms with E-state index >= 15 is 0 Å². The van der Waals surface area contributed by atoms with Gasteiger partial charge in [-0.25, -0.2) is 4.79 Å². The van der Waals surface area contributed by atoms with Crippen LogP contribution < -0.4 is 9.47 Å². The van der Waals surface area contributed by atoms with E-state index in [1.165, 1.54) is 6.08 Å². The van der Waals surface area contributed by atoms with Crippen LogP contribution in [0.2, 0.25) is 0 Å². The molecule has 0 aromatic heterocycles. The molecule has 0 unspecified atom stereocenters. The van der Waals surface area contributed by atoms with E-state index in [0.29, 0.717) is 23.7 Å². The van der Waals surface area contributed by atoms with Crippen LogP contribution in [-0.4, -0.2) is 32.3 Å². The standard InChI is InChI=1S/C24H26O6/c1-16(2)23(26)30-21-12-17(3)20(27-4)13-19(21)24(15-29-24)14-28-22(25)11-10-18-8-6-5-7-9-18/h5-13,16H,14-15H2,1-4H3/t24-/m1/s1. The normalized spacial score (nSPS) is 17.8. The van der Waals surface area contributed by atoms with E-state index < -0.39 is 11.6 Å². The Bertz CT molecular complexity index is 942. The third kappa shape index (κ3) is 5.07. The van der Waals surface area contributed by atoms with Crippen LogP contribution in [0.15, 0.2) is 48.5 Å². The van der Waals surface area contributed by atoms with Crippen LogP contribution in [0.3, 0.4) is 0 Å². The summed E-state index contributed by atoms with van der Waals surface area (Å²) in [6, 6.07) is 13.0. The summed E-state index contributed by atoms with van der Waals surface area (Å²) >= 11 is 0. The number of methoxy groups -OCH3 is 1. The highest BCUT2D eigenvalue weighted by Gasteiger charge is 2.50. The molecule has 6 nitrogen and oxygen atoms in total. The second-order valence-corrected chi connectivity index (χ2v) is 7.53. The van der Waals surface area contributed by atoms with Gasteiger partial charge >= 0.3 is 11.9 Å². The van der Waals surface area contributed by atoms with Crippen LogP contribution in [0.4, 0.5) is 0 Å². The average molecular weight is 410 g/mol. The number of ether oxygens (including phenoxy) is 4. The van der Waals surface area contributed by atoms with Crippen molar-refractivity contribution >= 4 is 18.0 Å². The van der Waals surface area contributed by atoms with Gasteiger partial charge in [-0.05, 0) is 36.3 Å². The van der Waals surface area contributed by atoms with Crippen molar-refractivity contribution in [3.63, 3.8) is 0 Å².